The van der Waals surface area contributed by atoms with Crippen LogP contribution < -0.4 is 5.32 Å². The molecule has 1 aliphatic rings. The van der Waals surface area contributed by atoms with Crippen LogP contribution in [0.4, 0.5) is 5.69 Å². The Morgan fingerprint density at radius 1 is 1.10 bits per heavy atom. The number of aromatic amines is 1. The van der Waals surface area contributed by atoms with Crippen molar-refractivity contribution in [3.63, 3.8) is 0 Å². The minimum atomic E-state index is -0.0973. The number of para-hydroxylation sites is 1. The van der Waals surface area contributed by atoms with E-state index in [1.54, 1.807) is 17.2 Å². The van der Waals surface area contributed by atoms with Gasteiger partial charge in [0.05, 0.1) is 5.69 Å². The van der Waals surface area contributed by atoms with Crippen LogP contribution in [0.3, 0.4) is 0 Å². The summed E-state index contributed by atoms with van der Waals surface area (Å²) in [6, 6.07) is 15.2. The molecule has 1 aromatic carbocycles. The third-order valence-electron chi connectivity index (χ3n) is 5.54. The molecule has 2 amide bonds. The van der Waals surface area contributed by atoms with Gasteiger partial charge in [-0.15, -0.1) is 0 Å². The van der Waals surface area contributed by atoms with Gasteiger partial charge in [0.25, 0.3) is 5.91 Å². The van der Waals surface area contributed by atoms with Crippen LogP contribution in [0.1, 0.15) is 35.8 Å². The molecule has 0 aliphatic carbocycles. The molecule has 7 nitrogen and oxygen atoms in total. The number of likely N-dealkylation sites (tertiary alicyclic amines) is 1. The predicted molar refractivity (Wildman–Crippen MR) is 115 cm³/mol. The van der Waals surface area contributed by atoms with Gasteiger partial charge in [-0.2, -0.15) is 5.10 Å². The molecule has 4 rings (SSSR count). The van der Waals surface area contributed by atoms with E-state index in [0.717, 1.165) is 23.4 Å². The Hall–Kier alpha value is -3.48. The van der Waals surface area contributed by atoms with Gasteiger partial charge in [-0.3, -0.25) is 19.7 Å². The number of nitrogens with zero attached hydrogens (tertiary/aromatic N) is 3. The lowest BCUT2D eigenvalue weighted by Gasteiger charge is -2.31. The standard InChI is InChI=1S/C23H25N5O2/c1-2-16-7-3-4-8-18(16)25-22(29)17-10-13-28(14-11-17)23(30)21-15-20(26-27-21)19-9-5-6-12-24-19/h3-9,12,15,17H,2,10-11,13-14H2,1H3,(H,25,29)(H,26,27). The van der Waals surface area contributed by atoms with Crippen molar-refractivity contribution >= 4 is 17.5 Å². The molecule has 154 valence electrons. The van der Waals surface area contributed by atoms with Gasteiger partial charge < -0.3 is 10.2 Å². The summed E-state index contributed by atoms with van der Waals surface area (Å²) in [5.41, 5.74) is 3.80. The first-order chi connectivity index (χ1) is 14.7. The van der Waals surface area contributed by atoms with E-state index >= 15 is 0 Å². The monoisotopic (exact) mass is 403 g/mol. The number of hydrogen-bond donors (Lipinski definition) is 2. The molecule has 3 heterocycles. The fraction of sp³-hybridized carbons (Fsp3) is 0.304. The molecule has 0 bridgehead atoms. The molecule has 3 aromatic rings. The molecule has 0 spiro atoms. The van der Waals surface area contributed by atoms with Gasteiger partial charge in [-0.25, -0.2) is 0 Å². The van der Waals surface area contributed by atoms with Gasteiger partial charge in [0.15, 0.2) is 0 Å². The van der Waals surface area contributed by atoms with Gasteiger partial charge in [0, 0.05) is 30.9 Å². The highest BCUT2D eigenvalue weighted by molar-refractivity contribution is 5.95. The number of amides is 2. The highest BCUT2D eigenvalue weighted by atomic mass is 16.2. The highest BCUT2D eigenvalue weighted by Gasteiger charge is 2.29. The summed E-state index contributed by atoms with van der Waals surface area (Å²) in [5.74, 6) is -0.161. The second kappa shape index (κ2) is 8.90. The van der Waals surface area contributed by atoms with Crippen molar-refractivity contribution in [3.05, 3.63) is 66.0 Å². The number of piperidine rings is 1. The Balaban J connectivity index is 1.35. The fourth-order valence-electron chi connectivity index (χ4n) is 3.78. The van der Waals surface area contributed by atoms with Gasteiger partial charge in [0.2, 0.25) is 5.91 Å². The number of hydrogen-bond acceptors (Lipinski definition) is 4. The molecule has 1 saturated heterocycles. The first-order valence-corrected chi connectivity index (χ1v) is 10.3. The molecular weight excluding hydrogens is 378 g/mol. The summed E-state index contributed by atoms with van der Waals surface area (Å²) in [6.07, 6.45) is 3.86. The van der Waals surface area contributed by atoms with E-state index in [9.17, 15) is 9.59 Å². The second-order valence-corrected chi connectivity index (χ2v) is 7.45. The smallest absolute Gasteiger partial charge is 0.271 e. The first kappa shape index (κ1) is 19.8. The average molecular weight is 403 g/mol. The molecule has 2 N–H and O–H groups in total. The van der Waals surface area contributed by atoms with Crippen molar-refractivity contribution in [3.8, 4) is 11.4 Å². The lowest BCUT2D eigenvalue weighted by Crippen LogP contribution is -2.41. The van der Waals surface area contributed by atoms with Crippen molar-refractivity contribution in [2.24, 2.45) is 5.92 Å². The van der Waals surface area contributed by atoms with Crippen LogP contribution in [0.5, 0.6) is 0 Å². The zero-order valence-corrected chi connectivity index (χ0v) is 17.0. The lowest BCUT2D eigenvalue weighted by molar-refractivity contribution is -0.121. The molecule has 1 fully saturated rings. The summed E-state index contributed by atoms with van der Waals surface area (Å²) in [4.78, 5) is 31.6. The number of anilines is 1. The van der Waals surface area contributed by atoms with E-state index in [2.05, 4.69) is 27.4 Å². The Morgan fingerprint density at radius 3 is 2.60 bits per heavy atom. The van der Waals surface area contributed by atoms with Crippen molar-refractivity contribution in [2.45, 2.75) is 26.2 Å². The van der Waals surface area contributed by atoms with Crippen LogP contribution in [0, 0.1) is 5.92 Å². The summed E-state index contributed by atoms with van der Waals surface area (Å²) < 4.78 is 0. The van der Waals surface area contributed by atoms with Crippen LogP contribution in [-0.2, 0) is 11.2 Å². The number of carbonyl (C=O) groups excluding carboxylic acids is 2. The quantitative estimate of drug-likeness (QED) is 0.682. The molecule has 2 aromatic heterocycles. The summed E-state index contributed by atoms with van der Waals surface area (Å²) in [7, 11) is 0. The number of benzene rings is 1. The number of rotatable bonds is 5. The zero-order valence-electron chi connectivity index (χ0n) is 17.0. The van der Waals surface area contributed by atoms with Gasteiger partial charge in [0.1, 0.15) is 11.4 Å². The largest absolute Gasteiger partial charge is 0.337 e. The van der Waals surface area contributed by atoms with Gasteiger partial charge in [-0.1, -0.05) is 31.2 Å². The highest BCUT2D eigenvalue weighted by Crippen LogP contribution is 2.23. The summed E-state index contributed by atoms with van der Waals surface area (Å²) >= 11 is 0. The molecule has 1 aliphatic heterocycles. The Morgan fingerprint density at radius 2 is 1.87 bits per heavy atom. The van der Waals surface area contributed by atoms with Crippen molar-refractivity contribution < 1.29 is 9.59 Å². The number of aromatic nitrogens is 3. The van der Waals surface area contributed by atoms with E-state index in [1.807, 2.05) is 42.5 Å². The summed E-state index contributed by atoms with van der Waals surface area (Å²) in [5, 5.41) is 10.1. The SMILES string of the molecule is CCc1ccccc1NC(=O)C1CCN(C(=O)c2cc(-c3ccccn3)n[nH]2)CC1. The molecular formula is C23H25N5O2. The van der Waals surface area contributed by atoms with Crippen molar-refractivity contribution in [1.82, 2.24) is 20.1 Å². The maximum atomic E-state index is 12.8. The van der Waals surface area contributed by atoms with Gasteiger partial charge in [-0.05, 0) is 49.1 Å². The fourth-order valence-corrected chi connectivity index (χ4v) is 3.78. The van der Waals surface area contributed by atoms with Crippen LogP contribution in [0.2, 0.25) is 0 Å². The van der Waals surface area contributed by atoms with Crippen molar-refractivity contribution in [2.75, 3.05) is 18.4 Å². The maximum absolute atomic E-state index is 12.8. The number of H-pyrrole nitrogens is 1. The van der Waals surface area contributed by atoms with E-state index in [1.165, 1.54) is 0 Å². The van der Waals surface area contributed by atoms with Crippen LogP contribution in [-0.4, -0.2) is 45.0 Å². The second-order valence-electron chi connectivity index (χ2n) is 7.45. The van der Waals surface area contributed by atoms with Crippen LogP contribution in [0.15, 0.2) is 54.7 Å². The summed E-state index contributed by atoms with van der Waals surface area (Å²) in [6.45, 7) is 3.17. The Kier molecular flexibility index (Phi) is 5.88. The maximum Gasteiger partial charge on any atom is 0.271 e. The lowest BCUT2D eigenvalue weighted by atomic mass is 9.95. The Labute approximate surface area is 175 Å². The number of aryl methyl sites for hydroxylation is 1. The molecule has 0 radical (unpaired) electrons. The molecule has 7 heteroatoms. The van der Waals surface area contributed by atoms with Crippen LogP contribution in [0.25, 0.3) is 11.4 Å². The minimum Gasteiger partial charge on any atom is -0.337 e. The average Bonchev–Trinajstić information content (AvgIpc) is 3.30. The zero-order chi connectivity index (χ0) is 20.9. The predicted octanol–water partition coefficient (Wildman–Crippen LogP) is 3.53. The Bertz CT molecular complexity index is 1020. The topological polar surface area (TPSA) is 91.0 Å². The molecule has 30 heavy (non-hydrogen) atoms. The molecule has 0 saturated carbocycles. The molecule has 0 unspecified atom stereocenters. The molecule has 0 atom stereocenters. The minimum absolute atomic E-state index is 0.0296. The number of pyridine rings is 1. The number of carbonyl (C=O) groups is 2. The van der Waals surface area contributed by atoms with Crippen LogP contribution >= 0.6 is 0 Å². The normalized spacial score (nSPS) is 14.5. The number of nitrogens with one attached hydrogen (secondary N) is 2. The first-order valence-electron chi connectivity index (χ1n) is 10.3. The van der Waals surface area contributed by atoms with E-state index in [0.29, 0.717) is 37.3 Å². The van der Waals surface area contributed by atoms with Crippen molar-refractivity contribution in [1.29, 1.82) is 0 Å². The van der Waals surface area contributed by atoms with E-state index in [-0.39, 0.29) is 17.7 Å². The van der Waals surface area contributed by atoms with Gasteiger partial charge >= 0.3 is 0 Å². The van der Waals surface area contributed by atoms with E-state index < -0.39 is 0 Å². The van der Waals surface area contributed by atoms with E-state index in [4.69, 9.17) is 0 Å². The third kappa shape index (κ3) is 4.25. The third-order valence-corrected chi connectivity index (χ3v) is 5.54.